The zero-order valence-electron chi connectivity index (χ0n) is 7.30. The molecule has 4 heteroatoms. The van der Waals surface area contributed by atoms with Crippen molar-refractivity contribution >= 4 is 35.2 Å². The molecule has 0 fully saturated rings. The highest BCUT2D eigenvalue weighted by Gasteiger charge is 2.04. The second-order valence-electron chi connectivity index (χ2n) is 2.91. The van der Waals surface area contributed by atoms with Gasteiger partial charge in [0.15, 0.2) is 0 Å². The van der Waals surface area contributed by atoms with Crippen LogP contribution < -0.4 is 5.32 Å². The number of rotatable bonds is 1. The maximum Gasteiger partial charge on any atom is 0.0871 e. The maximum atomic E-state index is 5.90. The van der Waals surface area contributed by atoms with Gasteiger partial charge in [-0.15, -0.1) is 0 Å². The molecular weight excluding hydrogens is 219 g/mol. The van der Waals surface area contributed by atoms with Crippen LogP contribution in [0.4, 0.5) is 0 Å². The first-order chi connectivity index (χ1) is 6.75. The Morgan fingerprint density at radius 1 is 1.14 bits per heavy atom. The lowest BCUT2D eigenvalue weighted by molar-refractivity contribution is 1.15. The van der Waals surface area contributed by atoms with E-state index in [1.54, 1.807) is 12.4 Å². The molecule has 0 bridgehead atoms. The molecule has 2 rings (SSSR count). The van der Waals surface area contributed by atoms with Crippen LogP contribution in [0.5, 0.6) is 0 Å². The molecule has 0 amide bonds. The summed E-state index contributed by atoms with van der Waals surface area (Å²) in [6.45, 7) is 0.687. The van der Waals surface area contributed by atoms with Crippen molar-refractivity contribution in [3.63, 3.8) is 0 Å². The highest BCUT2D eigenvalue weighted by molar-refractivity contribution is 6.34. The van der Waals surface area contributed by atoms with Crippen molar-refractivity contribution in [3.8, 4) is 0 Å². The van der Waals surface area contributed by atoms with Crippen LogP contribution in [-0.2, 0) is 0 Å². The molecule has 0 atom stereocenters. The number of aliphatic imine (C=N–C) groups is 1. The van der Waals surface area contributed by atoms with E-state index in [-0.39, 0.29) is 0 Å². The van der Waals surface area contributed by atoms with E-state index >= 15 is 0 Å². The van der Waals surface area contributed by atoms with Gasteiger partial charge in [-0.05, 0) is 24.3 Å². The van der Waals surface area contributed by atoms with E-state index in [9.17, 15) is 0 Å². The number of nitrogens with zero attached hydrogens (tertiary/aromatic N) is 1. The fraction of sp³-hybridized carbons (Fsp3) is 0.100. The Labute approximate surface area is 92.2 Å². The Hall–Kier alpha value is -0.990. The number of benzene rings is 1. The maximum absolute atomic E-state index is 5.90. The fourth-order valence-corrected chi connectivity index (χ4v) is 1.81. The molecular formula is C10H8Cl2N2. The summed E-state index contributed by atoms with van der Waals surface area (Å²) < 4.78 is 0. The molecule has 0 spiro atoms. The van der Waals surface area contributed by atoms with Gasteiger partial charge in [0.05, 0.1) is 12.9 Å². The normalized spacial score (nSPS) is 14.9. The molecule has 0 radical (unpaired) electrons. The van der Waals surface area contributed by atoms with E-state index in [1.807, 2.05) is 18.2 Å². The zero-order chi connectivity index (χ0) is 9.97. The summed E-state index contributed by atoms with van der Waals surface area (Å²) in [6, 6.07) is 5.45. The van der Waals surface area contributed by atoms with Crippen LogP contribution in [0.3, 0.4) is 0 Å². The standard InChI is InChI=1S/C10H8Cl2N2/c11-8-3-7(4-9(12)5-8)10-1-2-13-6-14-10/h1,3-6H,2H2,(H,13,14). The lowest BCUT2D eigenvalue weighted by Crippen LogP contribution is -2.13. The third kappa shape index (κ3) is 2.08. The minimum absolute atomic E-state index is 0.637. The third-order valence-corrected chi connectivity index (χ3v) is 2.32. The fourth-order valence-electron chi connectivity index (χ4n) is 1.28. The quantitative estimate of drug-likeness (QED) is 0.783. The van der Waals surface area contributed by atoms with E-state index in [1.165, 1.54) is 0 Å². The summed E-state index contributed by atoms with van der Waals surface area (Å²) in [5.74, 6) is 0. The second kappa shape index (κ2) is 4.03. The van der Waals surface area contributed by atoms with Crippen molar-refractivity contribution in [1.82, 2.24) is 5.32 Å². The summed E-state index contributed by atoms with van der Waals surface area (Å²) in [5, 5.41) is 4.32. The number of hydrogen-bond acceptors (Lipinski definition) is 2. The third-order valence-electron chi connectivity index (χ3n) is 1.89. The number of hydrogen-bond donors (Lipinski definition) is 1. The minimum Gasteiger partial charge on any atom is -0.346 e. The average Bonchev–Trinajstić information content (AvgIpc) is 2.18. The molecule has 14 heavy (non-hydrogen) atoms. The zero-order valence-corrected chi connectivity index (χ0v) is 8.81. The minimum atomic E-state index is 0.637. The Morgan fingerprint density at radius 2 is 1.86 bits per heavy atom. The van der Waals surface area contributed by atoms with Gasteiger partial charge in [-0.2, -0.15) is 0 Å². The summed E-state index contributed by atoms with van der Waals surface area (Å²) in [4.78, 5) is 4.02. The molecule has 2 nitrogen and oxygen atoms in total. The SMILES string of the molecule is Clc1cc(Cl)cc(C2=CCN=CN2)c1. The highest BCUT2D eigenvalue weighted by atomic mass is 35.5. The van der Waals surface area contributed by atoms with Crippen molar-refractivity contribution in [3.05, 3.63) is 39.9 Å². The van der Waals surface area contributed by atoms with E-state index < -0.39 is 0 Å². The summed E-state index contributed by atoms with van der Waals surface area (Å²) in [7, 11) is 0. The lowest BCUT2D eigenvalue weighted by Gasteiger charge is -2.11. The number of halogens is 2. The van der Waals surface area contributed by atoms with Crippen LogP contribution >= 0.6 is 23.2 Å². The molecule has 1 aliphatic heterocycles. The highest BCUT2D eigenvalue weighted by Crippen LogP contribution is 2.23. The summed E-state index contributed by atoms with van der Waals surface area (Å²) >= 11 is 11.8. The van der Waals surface area contributed by atoms with Gasteiger partial charge in [0.2, 0.25) is 0 Å². The van der Waals surface area contributed by atoms with Crippen molar-refractivity contribution in [2.45, 2.75) is 0 Å². The van der Waals surface area contributed by atoms with Crippen molar-refractivity contribution in [2.75, 3.05) is 6.54 Å². The van der Waals surface area contributed by atoms with E-state index in [2.05, 4.69) is 10.3 Å². The Balaban J connectivity index is 2.36. The molecule has 0 saturated heterocycles. The van der Waals surface area contributed by atoms with Crippen LogP contribution in [0.2, 0.25) is 10.0 Å². The molecule has 0 aliphatic carbocycles. The van der Waals surface area contributed by atoms with E-state index in [0.29, 0.717) is 16.6 Å². The molecule has 1 aromatic rings. The van der Waals surface area contributed by atoms with Crippen LogP contribution in [0.25, 0.3) is 5.70 Å². The molecule has 0 aromatic heterocycles. The number of nitrogens with one attached hydrogen (secondary N) is 1. The largest absolute Gasteiger partial charge is 0.346 e. The Morgan fingerprint density at radius 3 is 2.43 bits per heavy atom. The van der Waals surface area contributed by atoms with Gasteiger partial charge in [-0.1, -0.05) is 23.2 Å². The van der Waals surface area contributed by atoms with E-state index in [4.69, 9.17) is 23.2 Å². The monoisotopic (exact) mass is 226 g/mol. The second-order valence-corrected chi connectivity index (χ2v) is 3.79. The smallest absolute Gasteiger partial charge is 0.0871 e. The van der Waals surface area contributed by atoms with Crippen LogP contribution in [-0.4, -0.2) is 12.9 Å². The molecule has 0 unspecified atom stereocenters. The van der Waals surface area contributed by atoms with Crippen molar-refractivity contribution < 1.29 is 0 Å². The van der Waals surface area contributed by atoms with Crippen molar-refractivity contribution in [2.24, 2.45) is 4.99 Å². The summed E-state index contributed by atoms with van der Waals surface area (Å²) in [5.41, 5.74) is 1.97. The van der Waals surface area contributed by atoms with Crippen LogP contribution in [0.1, 0.15) is 5.56 Å². The molecule has 1 aromatic carbocycles. The van der Waals surface area contributed by atoms with Gasteiger partial charge < -0.3 is 5.32 Å². The first-order valence-corrected chi connectivity index (χ1v) is 4.93. The summed E-state index contributed by atoms with van der Waals surface area (Å²) in [6.07, 6.45) is 3.66. The van der Waals surface area contributed by atoms with Crippen molar-refractivity contribution in [1.29, 1.82) is 0 Å². The van der Waals surface area contributed by atoms with Gasteiger partial charge in [-0.25, -0.2) is 0 Å². The lowest BCUT2D eigenvalue weighted by atomic mass is 10.1. The molecule has 1 heterocycles. The van der Waals surface area contributed by atoms with Gasteiger partial charge in [0, 0.05) is 21.3 Å². The van der Waals surface area contributed by atoms with E-state index in [0.717, 1.165) is 11.3 Å². The molecule has 0 saturated carbocycles. The van der Waals surface area contributed by atoms with Gasteiger partial charge in [-0.3, -0.25) is 4.99 Å². The van der Waals surface area contributed by atoms with Gasteiger partial charge >= 0.3 is 0 Å². The predicted octanol–water partition coefficient (Wildman–Crippen LogP) is 2.97. The molecule has 1 N–H and O–H groups in total. The molecule has 72 valence electrons. The van der Waals surface area contributed by atoms with Gasteiger partial charge in [0.1, 0.15) is 0 Å². The first kappa shape index (κ1) is 9.56. The Kier molecular flexibility index (Phi) is 2.75. The first-order valence-electron chi connectivity index (χ1n) is 4.17. The topological polar surface area (TPSA) is 24.4 Å². The van der Waals surface area contributed by atoms with Crippen LogP contribution in [0.15, 0.2) is 29.3 Å². The van der Waals surface area contributed by atoms with Crippen LogP contribution in [0, 0.1) is 0 Å². The average molecular weight is 227 g/mol. The van der Waals surface area contributed by atoms with Gasteiger partial charge in [0.25, 0.3) is 0 Å². The predicted molar refractivity (Wildman–Crippen MR) is 60.9 cm³/mol. The Bertz CT molecular complexity index is 390. The molecule has 1 aliphatic rings.